The van der Waals surface area contributed by atoms with Crippen molar-refractivity contribution in [3.8, 4) is 0 Å². The van der Waals surface area contributed by atoms with Crippen LogP contribution in [0.4, 0.5) is 0 Å². The van der Waals surface area contributed by atoms with E-state index in [0.717, 1.165) is 30.4 Å². The van der Waals surface area contributed by atoms with E-state index in [1.54, 1.807) is 0 Å². The number of carbonyl (C=O) groups excluding carboxylic acids is 2. The second-order valence-corrected chi connectivity index (χ2v) is 8.53. The first-order valence-electron chi connectivity index (χ1n) is 9.44. The zero-order chi connectivity index (χ0) is 19.3. The number of nitrogens with two attached hydrogens (primary N) is 1. The fourth-order valence-corrected chi connectivity index (χ4v) is 4.34. The van der Waals surface area contributed by atoms with Crippen molar-refractivity contribution in [1.82, 2.24) is 19.7 Å². The molecule has 0 bridgehead atoms. The fourth-order valence-electron chi connectivity index (χ4n) is 3.51. The van der Waals surface area contributed by atoms with E-state index in [0.29, 0.717) is 30.2 Å². The van der Waals surface area contributed by atoms with Crippen molar-refractivity contribution < 1.29 is 9.59 Å². The van der Waals surface area contributed by atoms with Crippen LogP contribution in [0.25, 0.3) is 0 Å². The minimum absolute atomic E-state index is 0.160. The van der Waals surface area contributed by atoms with Crippen molar-refractivity contribution in [2.75, 3.05) is 5.75 Å². The number of likely N-dealkylation sites (tertiary alicyclic amines) is 1. The van der Waals surface area contributed by atoms with Gasteiger partial charge in [0, 0.05) is 31.5 Å². The summed E-state index contributed by atoms with van der Waals surface area (Å²) in [6.45, 7) is 9.25. The summed E-state index contributed by atoms with van der Waals surface area (Å²) in [7, 11) is 0. The van der Waals surface area contributed by atoms with Crippen molar-refractivity contribution in [3.63, 3.8) is 0 Å². The lowest BCUT2D eigenvalue weighted by Gasteiger charge is -2.39. The Bertz CT molecular complexity index is 621. The van der Waals surface area contributed by atoms with Crippen molar-refractivity contribution in [3.05, 3.63) is 5.82 Å². The highest BCUT2D eigenvalue weighted by molar-refractivity contribution is 7.99. The molecular formula is C18H31N5O2S. The van der Waals surface area contributed by atoms with Gasteiger partial charge in [0.15, 0.2) is 5.16 Å². The summed E-state index contributed by atoms with van der Waals surface area (Å²) in [6.07, 6.45) is 4.06. The highest BCUT2D eigenvalue weighted by atomic mass is 32.2. The third kappa shape index (κ3) is 5.46. The van der Waals surface area contributed by atoms with E-state index in [1.807, 2.05) is 9.47 Å². The zero-order valence-corrected chi connectivity index (χ0v) is 17.1. The number of thioether (sulfide) groups is 1. The lowest BCUT2D eigenvalue weighted by atomic mass is 9.98. The molecule has 7 nitrogen and oxygen atoms in total. The van der Waals surface area contributed by atoms with Crippen LogP contribution < -0.4 is 5.73 Å². The minimum Gasteiger partial charge on any atom is -0.370 e. The summed E-state index contributed by atoms with van der Waals surface area (Å²) in [5.74, 6) is 1.34. The lowest BCUT2D eigenvalue weighted by molar-refractivity contribution is -0.134. The maximum absolute atomic E-state index is 12.7. The molecule has 146 valence electrons. The van der Waals surface area contributed by atoms with Crippen LogP contribution in [0.2, 0.25) is 0 Å². The Balaban J connectivity index is 2.05. The number of hydrogen-bond donors (Lipinski definition) is 1. The molecular weight excluding hydrogens is 350 g/mol. The first kappa shape index (κ1) is 20.7. The molecule has 1 aliphatic rings. The summed E-state index contributed by atoms with van der Waals surface area (Å²) < 4.78 is 2.02. The van der Waals surface area contributed by atoms with Crippen LogP contribution in [0.15, 0.2) is 5.16 Å². The molecule has 0 aliphatic carbocycles. The van der Waals surface area contributed by atoms with Gasteiger partial charge in [-0.3, -0.25) is 9.59 Å². The Labute approximate surface area is 160 Å². The molecule has 2 unspecified atom stereocenters. The van der Waals surface area contributed by atoms with E-state index in [2.05, 4.69) is 37.9 Å². The Kier molecular flexibility index (Phi) is 7.49. The zero-order valence-electron chi connectivity index (χ0n) is 16.3. The molecule has 2 amide bonds. The standard InChI is InChI=1S/C18H31N5O2S/c1-12(2)10-22-16(9-8-15(19)24)20-21-18(22)26-11-17(25)23-13(3)6-5-7-14(23)4/h12-14H,5-11H2,1-4H3,(H2,19,24). The SMILES string of the molecule is CC(C)Cn1c(CCC(N)=O)nnc1SCC(=O)N1C(C)CCCC1C. The van der Waals surface area contributed by atoms with E-state index >= 15 is 0 Å². The van der Waals surface area contributed by atoms with Crippen LogP contribution in [-0.2, 0) is 22.6 Å². The van der Waals surface area contributed by atoms with Crippen LogP contribution in [0, 0.1) is 5.92 Å². The summed E-state index contributed by atoms with van der Waals surface area (Å²) in [5.41, 5.74) is 5.25. The summed E-state index contributed by atoms with van der Waals surface area (Å²) in [4.78, 5) is 25.8. The van der Waals surface area contributed by atoms with Gasteiger partial charge in [0.25, 0.3) is 0 Å². The number of aromatic nitrogens is 3. The van der Waals surface area contributed by atoms with E-state index in [4.69, 9.17) is 5.73 Å². The number of piperidine rings is 1. The molecule has 0 radical (unpaired) electrons. The topological polar surface area (TPSA) is 94.1 Å². The second kappa shape index (κ2) is 9.39. The Morgan fingerprint density at radius 2 is 1.88 bits per heavy atom. The van der Waals surface area contributed by atoms with Gasteiger partial charge in [-0.25, -0.2) is 0 Å². The van der Waals surface area contributed by atoms with Crippen LogP contribution in [0.3, 0.4) is 0 Å². The average Bonchev–Trinajstić information content (AvgIpc) is 2.92. The van der Waals surface area contributed by atoms with E-state index < -0.39 is 0 Å². The third-order valence-electron chi connectivity index (χ3n) is 4.74. The average molecular weight is 382 g/mol. The molecule has 2 atom stereocenters. The fraction of sp³-hybridized carbons (Fsp3) is 0.778. The van der Waals surface area contributed by atoms with Gasteiger partial charge in [0.1, 0.15) is 5.82 Å². The van der Waals surface area contributed by atoms with Gasteiger partial charge >= 0.3 is 0 Å². The highest BCUT2D eigenvalue weighted by Gasteiger charge is 2.29. The molecule has 0 aromatic carbocycles. The van der Waals surface area contributed by atoms with Crippen molar-refractivity contribution in [2.45, 2.75) is 83.6 Å². The predicted molar refractivity (Wildman–Crippen MR) is 103 cm³/mol. The number of rotatable bonds is 8. The van der Waals surface area contributed by atoms with E-state index in [1.165, 1.54) is 18.2 Å². The molecule has 8 heteroatoms. The first-order chi connectivity index (χ1) is 12.3. The molecule has 1 aromatic rings. The number of hydrogen-bond acceptors (Lipinski definition) is 5. The summed E-state index contributed by atoms with van der Waals surface area (Å²) in [6, 6.07) is 0.595. The van der Waals surface area contributed by atoms with Gasteiger partial charge < -0.3 is 15.2 Å². The Morgan fingerprint density at radius 1 is 1.23 bits per heavy atom. The second-order valence-electron chi connectivity index (χ2n) is 7.59. The van der Waals surface area contributed by atoms with E-state index in [9.17, 15) is 9.59 Å². The van der Waals surface area contributed by atoms with Crippen molar-refractivity contribution in [1.29, 1.82) is 0 Å². The largest absolute Gasteiger partial charge is 0.370 e. The van der Waals surface area contributed by atoms with Gasteiger partial charge in [-0.1, -0.05) is 25.6 Å². The summed E-state index contributed by atoms with van der Waals surface area (Å²) in [5, 5.41) is 9.22. The molecule has 2 heterocycles. The molecule has 1 aromatic heterocycles. The molecule has 1 saturated heterocycles. The van der Waals surface area contributed by atoms with Crippen LogP contribution in [0.1, 0.15) is 59.2 Å². The number of amides is 2. The maximum Gasteiger partial charge on any atom is 0.233 e. The number of primary amides is 1. The van der Waals surface area contributed by atoms with Crippen molar-refractivity contribution >= 4 is 23.6 Å². The van der Waals surface area contributed by atoms with E-state index in [-0.39, 0.29) is 18.2 Å². The third-order valence-corrected chi connectivity index (χ3v) is 5.69. The molecule has 26 heavy (non-hydrogen) atoms. The van der Waals surface area contributed by atoms with Crippen molar-refractivity contribution in [2.24, 2.45) is 11.7 Å². The Morgan fingerprint density at radius 3 is 2.46 bits per heavy atom. The normalized spacial score (nSPS) is 20.6. The number of carbonyl (C=O) groups is 2. The molecule has 0 saturated carbocycles. The van der Waals surface area contributed by atoms with Gasteiger partial charge in [0.2, 0.25) is 11.8 Å². The molecule has 2 rings (SSSR count). The van der Waals surface area contributed by atoms with Gasteiger partial charge in [-0.15, -0.1) is 10.2 Å². The predicted octanol–water partition coefficient (Wildman–Crippen LogP) is 2.23. The molecule has 2 N–H and O–H groups in total. The monoisotopic (exact) mass is 381 g/mol. The highest BCUT2D eigenvalue weighted by Crippen LogP contribution is 2.25. The van der Waals surface area contributed by atoms with Gasteiger partial charge in [-0.05, 0) is 39.0 Å². The Hall–Kier alpha value is -1.57. The number of aryl methyl sites for hydroxylation is 1. The first-order valence-corrected chi connectivity index (χ1v) is 10.4. The van der Waals surface area contributed by atoms with Gasteiger partial charge in [-0.2, -0.15) is 0 Å². The minimum atomic E-state index is -0.346. The molecule has 1 aliphatic heterocycles. The summed E-state index contributed by atoms with van der Waals surface area (Å²) >= 11 is 1.43. The number of nitrogens with zero attached hydrogens (tertiary/aromatic N) is 4. The van der Waals surface area contributed by atoms with Gasteiger partial charge in [0.05, 0.1) is 5.75 Å². The molecule has 1 fully saturated rings. The maximum atomic E-state index is 12.7. The quantitative estimate of drug-likeness (QED) is 0.697. The smallest absolute Gasteiger partial charge is 0.233 e. The van der Waals surface area contributed by atoms with Crippen LogP contribution >= 0.6 is 11.8 Å². The lowest BCUT2D eigenvalue weighted by Crippen LogP contribution is -2.48. The van der Waals surface area contributed by atoms with Crippen LogP contribution in [0.5, 0.6) is 0 Å². The molecule has 0 spiro atoms. The van der Waals surface area contributed by atoms with Crippen LogP contribution in [-0.4, -0.2) is 49.3 Å².